The van der Waals surface area contributed by atoms with Gasteiger partial charge in [0.25, 0.3) is 0 Å². The molecule has 1 saturated carbocycles. The first-order valence-electron chi connectivity index (χ1n) is 9.30. The van der Waals surface area contributed by atoms with Crippen molar-refractivity contribution in [3.05, 3.63) is 24.4 Å². The second-order valence-electron chi connectivity index (χ2n) is 7.43. The van der Waals surface area contributed by atoms with E-state index in [1.54, 1.807) is 11.8 Å². The number of anilines is 1. The van der Waals surface area contributed by atoms with Crippen molar-refractivity contribution in [1.29, 1.82) is 0 Å². The highest BCUT2D eigenvalue weighted by molar-refractivity contribution is 5.99. The summed E-state index contributed by atoms with van der Waals surface area (Å²) in [7, 11) is 3.52. The molecule has 9 heteroatoms. The molecule has 0 amide bonds. The van der Waals surface area contributed by atoms with Gasteiger partial charge in [-0.15, -0.1) is 5.10 Å². The lowest BCUT2D eigenvalue weighted by atomic mass is 10.1. The van der Waals surface area contributed by atoms with Crippen LogP contribution in [0.5, 0.6) is 5.88 Å². The Morgan fingerprint density at radius 2 is 2.11 bits per heavy atom. The van der Waals surface area contributed by atoms with E-state index in [0.717, 1.165) is 46.4 Å². The number of aromatic amines is 1. The predicted octanol–water partition coefficient (Wildman–Crippen LogP) is 1.97. The fourth-order valence-corrected chi connectivity index (χ4v) is 4.24. The summed E-state index contributed by atoms with van der Waals surface area (Å²) >= 11 is 0. The van der Waals surface area contributed by atoms with Crippen LogP contribution in [0.25, 0.3) is 33.2 Å². The molecule has 1 saturated heterocycles. The first-order chi connectivity index (χ1) is 13.7. The third-order valence-electron chi connectivity index (χ3n) is 5.86. The maximum Gasteiger partial charge on any atom is 0.228 e. The van der Waals surface area contributed by atoms with E-state index < -0.39 is 0 Å². The van der Waals surface area contributed by atoms with E-state index in [0.29, 0.717) is 29.7 Å². The molecule has 4 aromatic rings. The van der Waals surface area contributed by atoms with Crippen molar-refractivity contribution in [2.75, 3.05) is 25.6 Å². The Hall–Kier alpha value is -3.20. The lowest BCUT2D eigenvalue weighted by molar-refractivity contribution is 0.162. The number of H-pyrrole nitrogens is 1. The number of benzene rings is 1. The SMILES string of the molecule is COc1nc(N[C@@H]2[C@@H]3COC[C@@H]32)nc2[nH]cc(-c3ccc4nnn(C)c4c3)c12. The standard InChI is InChI=1S/C19H19N7O2/c1-26-14-5-9(3-4-13(14)24-25-26)10-6-20-17-15(10)18(27-2)23-19(22-17)21-16-11-7-28-8-12(11)16/h3-6,11-12,16H,7-8H2,1-2H3,(H2,20,21,22,23)/t11-,12+,16-. The summed E-state index contributed by atoms with van der Waals surface area (Å²) in [5.74, 6) is 2.28. The van der Waals surface area contributed by atoms with Gasteiger partial charge in [0, 0.05) is 36.7 Å². The number of nitrogens with one attached hydrogen (secondary N) is 2. The van der Waals surface area contributed by atoms with E-state index in [-0.39, 0.29) is 0 Å². The summed E-state index contributed by atoms with van der Waals surface area (Å²) in [5.41, 5.74) is 4.58. The van der Waals surface area contributed by atoms with Crippen LogP contribution in [0.2, 0.25) is 0 Å². The summed E-state index contributed by atoms with van der Waals surface area (Å²) in [6, 6.07) is 6.45. The number of fused-ring (bicyclic) bond motifs is 3. The number of aromatic nitrogens is 6. The number of ether oxygens (including phenoxy) is 2. The van der Waals surface area contributed by atoms with Gasteiger partial charge in [0.05, 0.1) is 31.2 Å². The molecule has 2 N–H and O–H groups in total. The number of hydrogen-bond acceptors (Lipinski definition) is 7. The summed E-state index contributed by atoms with van der Waals surface area (Å²) in [5, 5.41) is 12.5. The molecule has 0 unspecified atom stereocenters. The minimum atomic E-state index is 0.394. The molecule has 3 atom stereocenters. The topological polar surface area (TPSA) is 103 Å². The summed E-state index contributed by atoms with van der Waals surface area (Å²) in [6.45, 7) is 1.64. The van der Waals surface area contributed by atoms with Crippen LogP contribution in [0.4, 0.5) is 5.95 Å². The molecule has 1 aliphatic heterocycles. The minimum absolute atomic E-state index is 0.394. The van der Waals surface area contributed by atoms with Crippen LogP contribution < -0.4 is 10.1 Å². The number of hydrogen-bond donors (Lipinski definition) is 2. The molecular weight excluding hydrogens is 358 g/mol. The zero-order valence-corrected chi connectivity index (χ0v) is 15.5. The Morgan fingerprint density at radius 1 is 1.25 bits per heavy atom. The van der Waals surface area contributed by atoms with Crippen LogP contribution in [-0.4, -0.2) is 56.3 Å². The molecule has 28 heavy (non-hydrogen) atoms. The highest BCUT2D eigenvalue weighted by Crippen LogP contribution is 2.46. The number of nitrogens with zero attached hydrogens (tertiary/aromatic N) is 5. The van der Waals surface area contributed by atoms with E-state index in [2.05, 4.69) is 36.6 Å². The molecular formula is C19H19N7O2. The van der Waals surface area contributed by atoms with Gasteiger partial charge in [0.2, 0.25) is 11.8 Å². The van der Waals surface area contributed by atoms with Crippen molar-refractivity contribution in [3.8, 4) is 17.0 Å². The average Bonchev–Trinajstić information content (AvgIpc) is 3.17. The molecule has 0 radical (unpaired) electrons. The summed E-state index contributed by atoms with van der Waals surface area (Å²) in [4.78, 5) is 12.6. The number of rotatable bonds is 4. The predicted molar refractivity (Wildman–Crippen MR) is 103 cm³/mol. The number of aryl methyl sites for hydroxylation is 1. The van der Waals surface area contributed by atoms with Crippen LogP contribution in [0.15, 0.2) is 24.4 Å². The lowest BCUT2D eigenvalue weighted by Crippen LogP contribution is -2.14. The van der Waals surface area contributed by atoms with E-state index in [4.69, 9.17) is 9.47 Å². The van der Waals surface area contributed by atoms with Gasteiger partial charge in [-0.2, -0.15) is 9.97 Å². The minimum Gasteiger partial charge on any atom is -0.480 e. The fourth-order valence-electron chi connectivity index (χ4n) is 4.24. The molecule has 1 aromatic carbocycles. The molecule has 1 aliphatic carbocycles. The van der Waals surface area contributed by atoms with Crippen molar-refractivity contribution in [1.82, 2.24) is 29.9 Å². The van der Waals surface area contributed by atoms with Crippen LogP contribution in [0, 0.1) is 11.8 Å². The van der Waals surface area contributed by atoms with Crippen molar-refractivity contribution < 1.29 is 9.47 Å². The quantitative estimate of drug-likeness (QED) is 0.560. The van der Waals surface area contributed by atoms with E-state index >= 15 is 0 Å². The Bertz CT molecular complexity index is 1200. The molecule has 0 bridgehead atoms. The van der Waals surface area contributed by atoms with Gasteiger partial charge in [-0.25, -0.2) is 4.68 Å². The van der Waals surface area contributed by atoms with Crippen LogP contribution >= 0.6 is 0 Å². The van der Waals surface area contributed by atoms with E-state index in [9.17, 15) is 0 Å². The molecule has 0 spiro atoms. The zero-order chi connectivity index (χ0) is 18.8. The summed E-state index contributed by atoms with van der Waals surface area (Å²) < 4.78 is 12.8. The fraction of sp³-hybridized carbons (Fsp3) is 0.368. The van der Waals surface area contributed by atoms with Gasteiger partial charge in [-0.1, -0.05) is 11.3 Å². The second kappa shape index (κ2) is 5.65. The van der Waals surface area contributed by atoms with E-state index in [1.807, 2.05) is 25.4 Å². The van der Waals surface area contributed by atoms with E-state index in [1.165, 1.54) is 0 Å². The monoisotopic (exact) mass is 377 g/mol. The molecule has 3 aromatic heterocycles. The van der Waals surface area contributed by atoms with Crippen molar-refractivity contribution in [2.24, 2.45) is 18.9 Å². The largest absolute Gasteiger partial charge is 0.480 e. The third-order valence-corrected chi connectivity index (χ3v) is 5.86. The van der Waals surface area contributed by atoms with Gasteiger partial charge in [0.15, 0.2) is 0 Å². The molecule has 9 nitrogen and oxygen atoms in total. The molecule has 6 rings (SSSR count). The smallest absolute Gasteiger partial charge is 0.228 e. The zero-order valence-electron chi connectivity index (χ0n) is 15.5. The Labute approximate surface area is 160 Å². The maximum atomic E-state index is 5.62. The highest BCUT2D eigenvalue weighted by Gasteiger charge is 2.54. The van der Waals surface area contributed by atoms with Crippen molar-refractivity contribution >= 4 is 28.0 Å². The molecule has 2 aliphatic rings. The first-order valence-corrected chi connectivity index (χ1v) is 9.30. The molecule has 4 heterocycles. The first kappa shape index (κ1) is 15.8. The lowest BCUT2D eigenvalue weighted by Gasteiger charge is -2.10. The Morgan fingerprint density at radius 3 is 2.93 bits per heavy atom. The van der Waals surface area contributed by atoms with Crippen LogP contribution in [-0.2, 0) is 11.8 Å². The van der Waals surface area contributed by atoms with Crippen molar-refractivity contribution in [2.45, 2.75) is 6.04 Å². The Balaban J connectivity index is 1.42. The normalized spacial score (nSPS) is 23.3. The van der Waals surface area contributed by atoms with Crippen molar-refractivity contribution in [3.63, 3.8) is 0 Å². The average molecular weight is 377 g/mol. The summed E-state index contributed by atoms with van der Waals surface area (Å²) in [6.07, 6.45) is 1.94. The highest BCUT2D eigenvalue weighted by atomic mass is 16.5. The van der Waals surface area contributed by atoms with Gasteiger partial charge in [0.1, 0.15) is 11.2 Å². The van der Waals surface area contributed by atoms with Gasteiger partial charge < -0.3 is 19.8 Å². The van der Waals surface area contributed by atoms with Gasteiger partial charge in [-0.05, 0) is 17.7 Å². The Kier molecular flexibility index (Phi) is 3.19. The van der Waals surface area contributed by atoms with Crippen LogP contribution in [0.3, 0.4) is 0 Å². The molecule has 2 fully saturated rings. The third kappa shape index (κ3) is 2.22. The maximum absolute atomic E-state index is 5.62. The molecule has 142 valence electrons. The van der Waals surface area contributed by atoms with Gasteiger partial charge >= 0.3 is 0 Å². The second-order valence-corrected chi connectivity index (χ2v) is 7.43. The van der Waals surface area contributed by atoms with Crippen LogP contribution in [0.1, 0.15) is 0 Å². The number of methoxy groups -OCH3 is 1. The van der Waals surface area contributed by atoms with Gasteiger partial charge in [-0.3, -0.25) is 0 Å².